The van der Waals surface area contributed by atoms with Crippen molar-refractivity contribution in [2.75, 3.05) is 5.32 Å². The normalized spacial score (nSPS) is 26.8. The van der Waals surface area contributed by atoms with Crippen LogP contribution in [0.2, 0.25) is 0 Å². The van der Waals surface area contributed by atoms with E-state index in [0.717, 1.165) is 18.5 Å². The van der Waals surface area contributed by atoms with Crippen LogP contribution in [0.5, 0.6) is 0 Å². The highest BCUT2D eigenvalue weighted by Crippen LogP contribution is 2.56. The molecule has 3 atom stereocenters. The van der Waals surface area contributed by atoms with E-state index in [1.807, 2.05) is 44.2 Å². The second kappa shape index (κ2) is 6.58. The monoisotopic (exact) mass is 387 g/mol. The molecule has 2 aliphatic carbocycles. The predicted octanol–water partition coefficient (Wildman–Crippen LogP) is 4.61. The van der Waals surface area contributed by atoms with Gasteiger partial charge in [-0.1, -0.05) is 48.0 Å². The summed E-state index contributed by atoms with van der Waals surface area (Å²) >= 11 is 0. The Balaban J connectivity index is 1.58. The van der Waals surface area contributed by atoms with Crippen LogP contribution in [-0.2, 0) is 20.7 Å². The van der Waals surface area contributed by atoms with Crippen LogP contribution in [0.4, 0.5) is 5.69 Å². The van der Waals surface area contributed by atoms with E-state index in [1.165, 1.54) is 22.3 Å². The Morgan fingerprint density at radius 2 is 1.76 bits per heavy atom. The zero-order valence-electron chi connectivity index (χ0n) is 16.8. The van der Waals surface area contributed by atoms with Gasteiger partial charge in [0.15, 0.2) is 0 Å². The van der Waals surface area contributed by atoms with E-state index in [1.54, 1.807) is 0 Å². The summed E-state index contributed by atoms with van der Waals surface area (Å²) in [6.45, 7) is 3.96. The summed E-state index contributed by atoms with van der Waals surface area (Å²) in [6.07, 6.45) is 2.54. The fraction of sp³-hybridized carbons (Fsp3) is 0.360. The van der Waals surface area contributed by atoms with Crippen LogP contribution < -0.4 is 5.32 Å². The van der Waals surface area contributed by atoms with Gasteiger partial charge in [0, 0.05) is 11.6 Å². The maximum atomic E-state index is 13.2. The molecule has 0 aromatic heterocycles. The number of aryl methyl sites for hydroxylation is 1. The van der Waals surface area contributed by atoms with E-state index in [2.05, 4.69) is 29.6 Å². The first-order chi connectivity index (χ1) is 14.0. The summed E-state index contributed by atoms with van der Waals surface area (Å²) in [5.41, 5.74) is 5.25. The number of esters is 1. The van der Waals surface area contributed by atoms with E-state index in [4.69, 9.17) is 4.74 Å². The number of allylic oxidation sites excluding steroid dienone is 1. The second-order valence-electron chi connectivity index (χ2n) is 8.87. The molecule has 1 N–H and O–H groups in total. The summed E-state index contributed by atoms with van der Waals surface area (Å²) < 4.78 is 5.84. The molecule has 1 aliphatic heterocycles. The fourth-order valence-corrected chi connectivity index (χ4v) is 5.50. The summed E-state index contributed by atoms with van der Waals surface area (Å²) in [6, 6.07) is 17.9. The van der Waals surface area contributed by atoms with Gasteiger partial charge in [-0.3, -0.25) is 9.59 Å². The Morgan fingerprint density at radius 3 is 2.55 bits per heavy atom. The lowest BCUT2D eigenvalue weighted by Crippen LogP contribution is -2.42. The molecular weight excluding hydrogens is 362 g/mol. The molecule has 1 amide bonds. The van der Waals surface area contributed by atoms with Gasteiger partial charge in [-0.2, -0.15) is 0 Å². The van der Waals surface area contributed by atoms with Gasteiger partial charge >= 0.3 is 5.97 Å². The van der Waals surface area contributed by atoms with Gasteiger partial charge in [0.25, 0.3) is 0 Å². The molecule has 1 fully saturated rings. The van der Waals surface area contributed by atoms with Gasteiger partial charge < -0.3 is 10.1 Å². The molecule has 148 valence electrons. The van der Waals surface area contributed by atoms with Gasteiger partial charge in [-0.05, 0) is 61.9 Å². The SMILES string of the molecule is CC1(C)OC(=O)[C@H]2[C@@H](C(=O)Nc3ccccc3)CC3=C(c4ccccc4CC3)[C@H]21. The van der Waals surface area contributed by atoms with Gasteiger partial charge in [0.05, 0.1) is 11.8 Å². The number of ether oxygens (including phenoxy) is 1. The van der Waals surface area contributed by atoms with Gasteiger partial charge in [0.1, 0.15) is 5.60 Å². The molecule has 4 nitrogen and oxygen atoms in total. The molecule has 4 heteroatoms. The number of cyclic esters (lactones) is 1. The molecule has 0 unspecified atom stereocenters. The van der Waals surface area contributed by atoms with Crippen LogP contribution in [0.15, 0.2) is 60.2 Å². The average Bonchev–Trinajstić information content (AvgIpc) is 2.96. The highest BCUT2D eigenvalue weighted by Gasteiger charge is 2.59. The minimum absolute atomic E-state index is 0.0914. The highest BCUT2D eigenvalue weighted by molar-refractivity contribution is 5.98. The van der Waals surface area contributed by atoms with Crippen molar-refractivity contribution in [3.63, 3.8) is 0 Å². The summed E-state index contributed by atoms with van der Waals surface area (Å²) in [4.78, 5) is 26.2. The number of carbonyl (C=O) groups excluding carboxylic acids is 2. The van der Waals surface area contributed by atoms with E-state index < -0.39 is 17.4 Å². The Hall–Kier alpha value is -2.88. The molecule has 1 heterocycles. The number of hydrogen-bond acceptors (Lipinski definition) is 3. The first-order valence-electron chi connectivity index (χ1n) is 10.3. The summed E-state index contributed by atoms with van der Waals surface area (Å²) in [5.74, 6) is -1.29. The Kier molecular flexibility index (Phi) is 4.12. The smallest absolute Gasteiger partial charge is 0.311 e. The van der Waals surface area contributed by atoms with Crippen molar-refractivity contribution < 1.29 is 14.3 Å². The maximum absolute atomic E-state index is 13.2. The van der Waals surface area contributed by atoms with E-state index in [9.17, 15) is 9.59 Å². The van der Waals surface area contributed by atoms with Crippen LogP contribution in [0.3, 0.4) is 0 Å². The van der Waals surface area contributed by atoms with Crippen molar-refractivity contribution in [3.8, 4) is 0 Å². The van der Waals surface area contributed by atoms with E-state index in [0.29, 0.717) is 6.42 Å². The number of nitrogens with one attached hydrogen (secondary N) is 1. The number of anilines is 1. The van der Waals surface area contributed by atoms with E-state index in [-0.39, 0.29) is 17.8 Å². The van der Waals surface area contributed by atoms with Crippen LogP contribution in [0, 0.1) is 17.8 Å². The first-order valence-corrected chi connectivity index (χ1v) is 10.3. The third kappa shape index (κ3) is 2.89. The quantitative estimate of drug-likeness (QED) is 0.766. The number of rotatable bonds is 2. The zero-order valence-corrected chi connectivity index (χ0v) is 16.8. The van der Waals surface area contributed by atoms with Crippen LogP contribution in [0.25, 0.3) is 5.57 Å². The molecular formula is C25H25NO3. The van der Waals surface area contributed by atoms with E-state index >= 15 is 0 Å². The van der Waals surface area contributed by atoms with Crippen molar-refractivity contribution in [2.45, 2.75) is 38.7 Å². The number of fused-ring (bicyclic) bond motifs is 4. The van der Waals surface area contributed by atoms with Crippen molar-refractivity contribution in [3.05, 3.63) is 71.3 Å². The van der Waals surface area contributed by atoms with Crippen LogP contribution in [-0.4, -0.2) is 17.5 Å². The molecule has 0 bridgehead atoms. The molecule has 2 aromatic carbocycles. The molecule has 1 saturated heterocycles. The third-order valence-corrected chi connectivity index (χ3v) is 6.72. The third-order valence-electron chi connectivity index (χ3n) is 6.72. The molecule has 29 heavy (non-hydrogen) atoms. The van der Waals surface area contributed by atoms with Crippen LogP contribution >= 0.6 is 0 Å². The molecule has 0 spiro atoms. The molecule has 0 radical (unpaired) electrons. The zero-order chi connectivity index (χ0) is 20.2. The average molecular weight is 387 g/mol. The number of amides is 1. The number of benzene rings is 2. The molecule has 2 aromatic rings. The largest absolute Gasteiger partial charge is 0.459 e. The predicted molar refractivity (Wildman–Crippen MR) is 112 cm³/mol. The Bertz CT molecular complexity index is 1020. The van der Waals surface area contributed by atoms with Gasteiger partial charge in [-0.25, -0.2) is 0 Å². The standard InChI is InChI=1S/C25H25NO3/c1-25(2)22-20-16(13-12-15-8-6-7-11-18(15)20)14-19(21(22)24(28)29-25)23(27)26-17-9-4-3-5-10-17/h3-11,19,21-22H,12-14H2,1-2H3,(H,26,27)/t19-,21-,22+/m0/s1. The lowest BCUT2D eigenvalue weighted by atomic mass is 9.61. The second-order valence-corrected chi connectivity index (χ2v) is 8.87. The molecule has 3 aliphatic rings. The van der Waals surface area contributed by atoms with Gasteiger partial charge in [0.2, 0.25) is 5.91 Å². The first kappa shape index (κ1) is 18.2. The number of para-hydroxylation sites is 1. The lowest BCUT2D eigenvalue weighted by molar-refractivity contribution is -0.150. The van der Waals surface area contributed by atoms with Gasteiger partial charge in [-0.15, -0.1) is 0 Å². The summed E-state index contributed by atoms with van der Waals surface area (Å²) in [5, 5.41) is 3.02. The lowest BCUT2D eigenvalue weighted by Gasteiger charge is -2.41. The topological polar surface area (TPSA) is 55.4 Å². The van der Waals surface area contributed by atoms with Crippen molar-refractivity contribution in [2.24, 2.45) is 17.8 Å². The fourth-order valence-electron chi connectivity index (χ4n) is 5.50. The highest BCUT2D eigenvalue weighted by atomic mass is 16.6. The Morgan fingerprint density at radius 1 is 1.03 bits per heavy atom. The Labute approximate surface area is 171 Å². The minimum Gasteiger partial charge on any atom is -0.459 e. The van der Waals surface area contributed by atoms with Crippen molar-refractivity contribution in [1.82, 2.24) is 0 Å². The minimum atomic E-state index is -0.627. The molecule has 0 saturated carbocycles. The van der Waals surface area contributed by atoms with Crippen molar-refractivity contribution in [1.29, 1.82) is 0 Å². The maximum Gasteiger partial charge on any atom is 0.311 e. The number of carbonyl (C=O) groups is 2. The van der Waals surface area contributed by atoms with Crippen LogP contribution in [0.1, 0.15) is 37.8 Å². The van der Waals surface area contributed by atoms with Crippen molar-refractivity contribution >= 4 is 23.1 Å². The molecule has 5 rings (SSSR count). The number of hydrogen-bond donors (Lipinski definition) is 1. The summed E-state index contributed by atoms with van der Waals surface area (Å²) in [7, 11) is 0.